The molecule has 5 aromatic rings. The lowest BCUT2D eigenvalue weighted by atomic mass is 9.98. The van der Waals surface area contributed by atoms with E-state index in [1.165, 1.54) is 4.57 Å². The van der Waals surface area contributed by atoms with E-state index in [1.807, 2.05) is 62.4 Å². The topological polar surface area (TPSA) is 98.5 Å². The normalized spacial score (nSPS) is 11.3. The zero-order chi connectivity index (χ0) is 26.6. The zero-order valence-electron chi connectivity index (χ0n) is 21.1. The molecule has 0 aliphatic heterocycles. The first kappa shape index (κ1) is 25.0. The van der Waals surface area contributed by atoms with Crippen LogP contribution in [-0.4, -0.2) is 35.7 Å². The second kappa shape index (κ2) is 10.8. The Morgan fingerprint density at radius 1 is 0.947 bits per heavy atom. The van der Waals surface area contributed by atoms with Gasteiger partial charge in [0.2, 0.25) is 11.8 Å². The van der Waals surface area contributed by atoms with E-state index >= 15 is 4.39 Å². The molecule has 5 rings (SSSR count). The molecule has 0 amide bonds. The van der Waals surface area contributed by atoms with Crippen molar-refractivity contribution in [1.29, 1.82) is 0 Å². The minimum Gasteiger partial charge on any atom is -0.288 e. The van der Waals surface area contributed by atoms with Crippen molar-refractivity contribution >= 4 is 5.91 Å². The van der Waals surface area contributed by atoms with Crippen LogP contribution < -0.4 is 5.69 Å². The van der Waals surface area contributed by atoms with Crippen LogP contribution in [0.2, 0.25) is 0 Å². The van der Waals surface area contributed by atoms with E-state index in [0.717, 1.165) is 22.3 Å². The smallest absolute Gasteiger partial charge is 0.288 e. The third-order valence-corrected chi connectivity index (χ3v) is 6.48. The number of tetrazole rings is 1. The summed E-state index contributed by atoms with van der Waals surface area (Å²) in [6.45, 7) is 4.22. The summed E-state index contributed by atoms with van der Waals surface area (Å²) in [6.07, 6.45) is 1.04. The Morgan fingerprint density at radius 3 is 2.29 bits per heavy atom. The second-order valence-electron chi connectivity index (χ2n) is 9.52. The summed E-state index contributed by atoms with van der Waals surface area (Å²) < 4.78 is 17.6. The van der Waals surface area contributed by atoms with E-state index in [4.69, 9.17) is 0 Å². The molecule has 0 fully saturated rings. The summed E-state index contributed by atoms with van der Waals surface area (Å²) in [5, 5.41) is 14.3. The number of halogens is 1. The van der Waals surface area contributed by atoms with Gasteiger partial charge in [0, 0.05) is 11.1 Å². The molecule has 0 saturated carbocycles. The molecule has 0 saturated heterocycles. The molecule has 0 bridgehead atoms. The van der Waals surface area contributed by atoms with E-state index in [0.29, 0.717) is 29.2 Å². The first-order chi connectivity index (χ1) is 18.4. The van der Waals surface area contributed by atoms with E-state index in [2.05, 4.69) is 20.6 Å². The number of aromatic nitrogens is 6. The first-order valence-electron chi connectivity index (χ1n) is 12.5. The Kier molecular flexibility index (Phi) is 7.08. The number of nitrogens with one attached hydrogen (secondary N) is 1. The van der Waals surface area contributed by atoms with Crippen molar-refractivity contribution in [2.75, 3.05) is 0 Å². The number of hydrogen-bond acceptors (Lipinski definition) is 5. The number of H-pyrrole nitrogens is 1. The minimum atomic E-state index is -0.796. The molecule has 0 atom stereocenters. The van der Waals surface area contributed by atoms with Crippen molar-refractivity contribution in [3.8, 4) is 22.5 Å². The van der Waals surface area contributed by atoms with Gasteiger partial charge in [-0.3, -0.25) is 9.36 Å². The van der Waals surface area contributed by atoms with E-state index < -0.39 is 17.5 Å². The van der Waals surface area contributed by atoms with E-state index in [1.54, 1.807) is 30.3 Å². The maximum atomic E-state index is 15.6. The van der Waals surface area contributed by atoms with Gasteiger partial charge < -0.3 is 0 Å². The predicted molar refractivity (Wildman–Crippen MR) is 142 cm³/mol. The highest BCUT2D eigenvalue weighted by Gasteiger charge is 2.25. The molecule has 0 aliphatic rings. The monoisotopic (exact) mass is 510 g/mol. The SMILES string of the molecule is CC(C)CCc1c(F)n(C(=O)c2ccccc2)c(=O)n1Cc1ccc(-c2ccccc2-c2nn[nH]n2)cc1. The summed E-state index contributed by atoms with van der Waals surface area (Å²) in [5.41, 5.74) is 3.32. The maximum absolute atomic E-state index is 15.6. The average Bonchev–Trinajstić information content (AvgIpc) is 3.55. The van der Waals surface area contributed by atoms with Gasteiger partial charge >= 0.3 is 5.69 Å². The predicted octanol–water partition coefficient (Wildman–Crippen LogP) is 4.96. The van der Waals surface area contributed by atoms with Gasteiger partial charge in [-0.15, -0.1) is 10.2 Å². The fraction of sp³-hybridized carbons (Fsp3) is 0.207. The van der Waals surface area contributed by atoms with Crippen molar-refractivity contribution in [1.82, 2.24) is 29.8 Å². The lowest BCUT2D eigenvalue weighted by Crippen LogP contribution is -2.30. The third-order valence-electron chi connectivity index (χ3n) is 6.48. The molecule has 0 unspecified atom stereocenters. The Balaban J connectivity index is 1.49. The summed E-state index contributed by atoms with van der Waals surface area (Å²) in [6, 6.07) is 23.7. The molecule has 0 aliphatic carbocycles. The number of carbonyl (C=O) groups excluding carboxylic acids is 1. The highest BCUT2D eigenvalue weighted by atomic mass is 19.1. The number of hydrogen-bond donors (Lipinski definition) is 1. The molecule has 3 aromatic carbocycles. The summed E-state index contributed by atoms with van der Waals surface area (Å²) in [7, 11) is 0. The number of carbonyl (C=O) groups is 1. The van der Waals surface area contributed by atoms with Crippen molar-refractivity contribution in [3.05, 3.63) is 112 Å². The minimum absolute atomic E-state index is 0.144. The van der Waals surface area contributed by atoms with Crippen LogP contribution in [0.3, 0.4) is 0 Å². The molecule has 38 heavy (non-hydrogen) atoms. The highest BCUT2D eigenvalue weighted by molar-refractivity contribution is 5.95. The van der Waals surface area contributed by atoms with E-state index in [-0.39, 0.29) is 17.8 Å². The summed E-state index contributed by atoms with van der Waals surface area (Å²) >= 11 is 0. The average molecular weight is 511 g/mol. The Morgan fingerprint density at radius 2 is 1.63 bits per heavy atom. The van der Waals surface area contributed by atoms with Crippen LogP contribution in [0.15, 0.2) is 83.7 Å². The highest BCUT2D eigenvalue weighted by Crippen LogP contribution is 2.30. The lowest BCUT2D eigenvalue weighted by Gasteiger charge is -2.11. The fourth-order valence-electron chi connectivity index (χ4n) is 4.45. The Bertz CT molecular complexity index is 1600. The molecular weight excluding hydrogens is 483 g/mol. The quantitative estimate of drug-likeness (QED) is 0.318. The van der Waals surface area contributed by atoms with Crippen LogP contribution in [0.25, 0.3) is 22.5 Å². The van der Waals surface area contributed by atoms with Gasteiger partial charge in [-0.05, 0) is 52.8 Å². The maximum Gasteiger partial charge on any atom is 0.338 e. The largest absolute Gasteiger partial charge is 0.338 e. The number of aromatic amines is 1. The number of rotatable bonds is 8. The second-order valence-corrected chi connectivity index (χ2v) is 9.52. The summed E-state index contributed by atoms with van der Waals surface area (Å²) in [5.74, 6) is -0.670. The van der Waals surface area contributed by atoms with Gasteiger partial charge in [0.05, 0.1) is 12.2 Å². The van der Waals surface area contributed by atoms with Crippen molar-refractivity contribution in [2.45, 2.75) is 33.2 Å². The van der Waals surface area contributed by atoms with Crippen molar-refractivity contribution in [3.63, 3.8) is 0 Å². The number of benzene rings is 3. The van der Waals surface area contributed by atoms with Gasteiger partial charge in [-0.2, -0.15) is 9.60 Å². The van der Waals surface area contributed by atoms with Gasteiger partial charge in [0.1, 0.15) is 0 Å². The number of nitrogens with zero attached hydrogens (tertiary/aromatic N) is 5. The fourth-order valence-corrected chi connectivity index (χ4v) is 4.45. The van der Waals surface area contributed by atoms with Crippen LogP contribution in [0.1, 0.15) is 41.9 Å². The molecule has 8 nitrogen and oxygen atoms in total. The number of imidazole rings is 1. The third kappa shape index (κ3) is 4.95. The Labute approximate surface area is 218 Å². The van der Waals surface area contributed by atoms with Gasteiger partial charge in [-0.1, -0.05) is 80.6 Å². The molecule has 0 spiro atoms. The molecule has 2 aromatic heterocycles. The van der Waals surface area contributed by atoms with Crippen LogP contribution in [-0.2, 0) is 13.0 Å². The molecule has 1 N–H and O–H groups in total. The Hall–Kier alpha value is -4.66. The molecule has 2 heterocycles. The van der Waals surface area contributed by atoms with Crippen LogP contribution in [0.5, 0.6) is 0 Å². The van der Waals surface area contributed by atoms with Gasteiger partial charge in [-0.25, -0.2) is 9.36 Å². The van der Waals surface area contributed by atoms with Crippen LogP contribution >= 0.6 is 0 Å². The first-order valence-corrected chi connectivity index (χ1v) is 12.5. The van der Waals surface area contributed by atoms with Gasteiger partial charge in [0.15, 0.2) is 0 Å². The van der Waals surface area contributed by atoms with E-state index in [9.17, 15) is 9.59 Å². The molecular formula is C29H27FN6O2. The van der Waals surface area contributed by atoms with Crippen LogP contribution in [0.4, 0.5) is 4.39 Å². The molecule has 192 valence electrons. The summed E-state index contributed by atoms with van der Waals surface area (Å²) in [4.78, 5) is 26.4. The van der Waals surface area contributed by atoms with Crippen molar-refractivity contribution < 1.29 is 9.18 Å². The standard InChI is InChI=1S/C29H27FN6O2/c1-19(2)12-17-25-26(30)36(28(37)22-8-4-3-5-9-22)29(38)35(25)18-20-13-15-21(16-14-20)23-10-6-7-11-24(23)27-31-33-34-32-27/h3-11,13-16,19H,12,17-18H2,1-2H3,(H,31,32,33,34). The van der Waals surface area contributed by atoms with Crippen LogP contribution in [0, 0.1) is 11.9 Å². The van der Waals surface area contributed by atoms with Crippen molar-refractivity contribution in [2.24, 2.45) is 5.92 Å². The molecule has 0 radical (unpaired) electrons. The lowest BCUT2D eigenvalue weighted by molar-refractivity contribution is 0.0942. The molecule has 9 heteroatoms. The van der Waals surface area contributed by atoms with Gasteiger partial charge in [0.25, 0.3) is 5.91 Å². The zero-order valence-corrected chi connectivity index (χ0v) is 21.1.